The van der Waals surface area contributed by atoms with Gasteiger partial charge < -0.3 is 14.8 Å². The maximum absolute atomic E-state index is 12.2. The van der Waals surface area contributed by atoms with Crippen molar-refractivity contribution < 1.29 is 14.3 Å². The molecule has 114 valence electrons. The fraction of sp³-hybridized carbons (Fsp3) is 0.278. The number of carbonyl (C=O) groups is 1. The lowest BCUT2D eigenvalue weighted by Crippen LogP contribution is -2.40. The molecule has 1 aliphatic heterocycles. The molecule has 0 spiro atoms. The van der Waals surface area contributed by atoms with Crippen molar-refractivity contribution in [2.75, 3.05) is 13.2 Å². The van der Waals surface area contributed by atoms with Crippen molar-refractivity contribution in [2.24, 2.45) is 0 Å². The van der Waals surface area contributed by atoms with E-state index >= 15 is 0 Å². The van der Waals surface area contributed by atoms with Gasteiger partial charge in [-0.3, -0.25) is 4.79 Å². The van der Waals surface area contributed by atoms with Crippen LogP contribution in [0.25, 0.3) is 0 Å². The van der Waals surface area contributed by atoms with E-state index in [9.17, 15) is 4.79 Å². The molecule has 2 aromatic rings. The highest BCUT2D eigenvalue weighted by molar-refractivity contribution is 5.94. The maximum atomic E-state index is 12.2. The first-order chi connectivity index (χ1) is 10.6. The fourth-order valence-electron chi connectivity index (χ4n) is 2.58. The van der Waals surface area contributed by atoms with Crippen LogP contribution in [0.5, 0.6) is 11.5 Å². The molecule has 3 rings (SSSR count). The SMILES string of the molecule is Cc1cc(C)cc(C(=O)NC[C@@H]2COc3ccccc3O2)c1. The summed E-state index contributed by atoms with van der Waals surface area (Å²) in [5, 5.41) is 2.91. The molecule has 0 saturated carbocycles. The van der Waals surface area contributed by atoms with Crippen LogP contribution < -0.4 is 14.8 Å². The minimum atomic E-state index is -0.176. The first-order valence-corrected chi connectivity index (χ1v) is 7.37. The van der Waals surface area contributed by atoms with Crippen molar-refractivity contribution in [2.45, 2.75) is 20.0 Å². The Labute approximate surface area is 130 Å². The van der Waals surface area contributed by atoms with Crippen molar-refractivity contribution in [3.63, 3.8) is 0 Å². The van der Waals surface area contributed by atoms with Crippen LogP contribution in [0.2, 0.25) is 0 Å². The Morgan fingerprint density at radius 3 is 2.55 bits per heavy atom. The smallest absolute Gasteiger partial charge is 0.251 e. The van der Waals surface area contributed by atoms with Crippen LogP contribution in [0.3, 0.4) is 0 Å². The van der Waals surface area contributed by atoms with E-state index in [1.165, 1.54) is 0 Å². The largest absolute Gasteiger partial charge is 0.486 e. The number of nitrogens with one attached hydrogen (secondary N) is 1. The van der Waals surface area contributed by atoms with Crippen molar-refractivity contribution in [1.29, 1.82) is 0 Å². The molecule has 1 amide bonds. The summed E-state index contributed by atoms with van der Waals surface area (Å²) in [6.45, 7) is 4.82. The Bertz CT molecular complexity index is 676. The average molecular weight is 297 g/mol. The highest BCUT2D eigenvalue weighted by Gasteiger charge is 2.21. The molecule has 0 fully saturated rings. The van der Waals surface area contributed by atoms with Gasteiger partial charge in [0.15, 0.2) is 11.5 Å². The second kappa shape index (κ2) is 6.10. The monoisotopic (exact) mass is 297 g/mol. The van der Waals surface area contributed by atoms with Gasteiger partial charge in [0.25, 0.3) is 5.91 Å². The normalized spacial score (nSPS) is 16.2. The van der Waals surface area contributed by atoms with E-state index in [-0.39, 0.29) is 12.0 Å². The van der Waals surface area contributed by atoms with Crippen LogP contribution in [0.15, 0.2) is 42.5 Å². The number of hydrogen-bond donors (Lipinski definition) is 1. The fourth-order valence-corrected chi connectivity index (χ4v) is 2.58. The zero-order valence-corrected chi connectivity index (χ0v) is 12.8. The van der Waals surface area contributed by atoms with Gasteiger partial charge in [0, 0.05) is 5.56 Å². The Morgan fingerprint density at radius 1 is 1.14 bits per heavy atom. The molecule has 4 heteroatoms. The zero-order valence-electron chi connectivity index (χ0n) is 12.8. The molecule has 2 aromatic carbocycles. The van der Waals surface area contributed by atoms with E-state index in [1.54, 1.807) is 0 Å². The molecule has 0 saturated heterocycles. The van der Waals surface area contributed by atoms with E-state index in [0.717, 1.165) is 22.6 Å². The van der Waals surface area contributed by atoms with Gasteiger partial charge in [-0.1, -0.05) is 29.3 Å². The molecule has 1 N–H and O–H groups in total. The zero-order chi connectivity index (χ0) is 15.5. The standard InChI is InChI=1S/C18H19NO3/c1-12-7-13(2)9-14(8-12)18(20)19-10-15-11-21-16-5-3-4-6-17(16)22-15/h3-9,15H,10-11H2,1-2H3,(H,19,20)/t15-/m1/s1. The van der Waals surface area contributed by atoms with E-state index in [4.69, 9.17) is 9.47 Å². The molecule has 4 nitrogen and oxygen atoms in total. The average Bonchev–Trinajstić information content (AvgIpc) is 2.51. The van der Waals surface area contributed by atoms with Gasteiger partial charge in [0.2, 0.25) is 0 Å². The second-order valence-corrected chi connectivity index (χ2v) is 5.58. The Morgan fingerprint density at radius 2 is 1.82 bits per heavy atom. The van der Waals surface area contributed by atoms with Gasteiger partial charge in [0.1, 0.15) is 12.7 Å². The van der Waals surface area contributed by atoms with Gasteiger partial charge in [-0.15, -0.1) is 0 Å². The first kappa shape index (κ1) is 14.4. The summed E-state index contributed by atoms with van der Waals surface area (Å²) in [5.74, 6) is 1.38. The molecule has 1 heterocycles. The highest BCUT2D eigenvalue weighted by Crippen LogP contribution is 2.30. The summed E-state index contributed by atoms with van der Waals surface area (Å²) < 4.78 is 11.5. The molecule has 0 bridgehead atoms. The summed E-state index contributed by atoms with van der Waals surface area (Å²) in [6.07, 6.45) is -0.176. The maximum Gasteiger partial charge on any atom is 0.251 e. The number of rotatable bonds is 3. The number of para-hydroxylation sites is 2. The highest BCUT2D eigenvalue weighted by atomic mass is 16.6. The minimum absolute atomic E-state index is 0.0886. The second-order valence-electron chi connectivity index (χ2n) is 5.58. The molecule has 22 heavy (non-hydrogen) atoms. The Hall–Kier alpha value is -2.49. The lowest BCUT2D eigenvalue weighted by Gasteiger charge is -2.26. The molecule has 0 aliphatic carbocycles. The molecule has 0 aromatic heterocycles. The van der Waals surface area contributed by atoms with Crippen molar-refractivity contribution in [3.8, 4) is 11.5 Å². The lowest BCUT2D eigenvalue weighted by atomic mass is 10.1. The summed E-state index contributed by atoms with van der Waals surface area (Å²) in [6, 6.07) is 13.4. The van der Waals surface area contributed by atoms with E-state index in [1.807, 2.05) is 56.3 Å². The number of benzene rings is 2. The van der Waals surface area contributed by atoms with Crippen LogP contribution >= 0.6 is 0 Å². The van der Waals surface area contributed by atoms with Gasteiger partial charge in [-0.05, 0) is 38.1 Å². The quantitative estimate of drug-likeness (QED) is 0.947. The predicted octanol–water partition coefficient (Wildman–Crippen LogP) is 2.87. The molecular formula is C18H19NO3. The molecule has 1 aliphatic rings. The summed E-state index contributed by atoms with van der Waals surface area (Å²) >= 11 is 0. The van der Waals surface area contributed by atoms with E-state index in [0.29, 0.717) is 18.7 Å². The number of amides is 1. The Kier molecular flexibility index (Phi) is 4.00. The van der Waals surface area contributed by atoms with Crippen molar-refractivity contribution >= 4 is 5.91 Å². The van der Waals surface area contributed by atoms with Crippen LogP contribution in [0.1, 0.15) is 21.5 Å². The predicted molar refractivity (Wildman–Crippen MR) is 84.6 cm³/mol. The first-order valence-electron chi connectivity index (χ1n) is 7.37. The molecular weight excluding hydrogens is 278 g/mol. The van der Waals surface area contributed by atoms with Gasteiger partial charge in [-0.2, -0.15) is 0 Å². The summed E-state index contributed by atoms with van der Waals surface area (Å²) in [5.41, 5.74) is 2.84. The topological polar surface area (TPSA) is 47.6 Å². The third kappa shape index (κ3) is 3.22. The summed E-state index contributed by atoms with van der Waals surface area (Å²) in [4.78, 5) is 12.2. The number of ether oxygens (including phenoxy) is 2. The number of fused-ring (bicyclic) bond motifs is 1. The van der Waals surface area contributed by atoms with Crippen LogP contribution in [-0.4, -0.2) is 25.2 Å². The van der Waals surface area contributed by atoms with E-state index < -0.39 is 0 Å². The third-order valence-electron chi connectivity index (χ3n) is 3.54. The Balaban J connectivity index is 1.60. The van der Waals surface area contributed by atoms with E-state index in [2.05, 4.69) is 5.32 Å². The van der Waals surface area contributed by atoms with Crippen molar-refractivity contribution in [1.82, 2.24) is 5.32 Å². The molecule has 1 atom stereocenters. The van der Waals surface area contributed by atoms with Gasteiger partial charge >= 0.3 is 0 Å². The number of aryl methyl sites for hydroxylation is 2. The van der Waals surface area contributed by atoms with Crippen LogP contribution in [-0.2, 0) is 0 Å². The molecule has 0 unspecified atom stereocenters. The minimum Gasteiger partial charge on any atom is -0.486 e. The number of hydrogen-bond acceptors (Lipinski definition) is 3. The third-order valence-corrected chi connectivity index (χ3v) is 3.54. The van der Waals surface area contributed by atoms with Crippen LogP contribution in [0, 0.1) is 13.8 Å². The van der Waals surface area contributed by atoms with Crippen molar-refractivity contribution in [3.05, 3.63) is 59.2 Å². The van der Waals surface area contributed by atoms with Gasteiger partial charge in [-0.25, -0.2) is 0 Å². The number of carbonyl (C=O) groups excluding carboxylic acids is 1. The molecule has 0 radical (unpaired) electrons. The summed E-state index contributed by atoms with van der Waals surface area (Å²) in [7, 11) is 0. The van der Waals surface area contributed by atoms with Gasteiger partial charge in [0.05, 0.1) is 6.54 Å². The van der Waals surface area contributed by atoms with Crippen LogP contribution in [0.4, 0.5) is 0 Å². The lowest BCUT2D eigenvalue weighted by molar-refractivity contribution is 0.0789.